The van der Waals surface area contributed by atoms with Crippen LogP contribution in [0.3, 0.4) is 0 Å². The fourth-order valence-electron chi connectivity index (χ4n) is 2.34. The summed E-state index contributed by atoms with van der Waals surface area (Å²) in [6, 6.07) is 18.8. The third-order valence-corrected chi connectivity index (χ3v) is 4.17. The number of hydrogen-bond acceptors (Lipinski definition) is 8. The second kappa shape index (κ2) is 12.5. The largest absolute Gasteiger partial charge is 0.468 e. The van der Waals surface area contributed by atoms with Crippen LogP contribution in [0.1, 0.15) is 31.9 Å². The summed E-state index contributed by atoms with van der Waals surface area (Å²) < 4.78 is 32.2. The van der Waals surface area contributed by atoms with Crippen LogP contribution in [0, 0.1) is 4.78 Å². The van der Waals surface area contributed by atoms with Gasteiger partial charge in [0, 0.05) is 0 Å². The number of rotatable bonds is 4. The quantitative estimate of drug-likeness (QED) is 0.703. The summed E-state index contributed by atoms with van der Waals surface area (Å²) in [4.78, 5) is 22.7. The Labute approximate surface area is 178 Å². The van der Waals surface area contributed by atoms with Crippen molar-refractivity contribution in [2.24, 2.45) is 5.73 Å². The molecule has 2 aromatic carbocycles. The number of carbonyl (C=O) groups is 2. The average molecular weight is 437 g/mol. The van der Waals surface area contributed by atoms with Gasteiger partial charge in [-0.3, -0.25) is 4.79 Å². The number of methoxy groups -OCH3 is 2. The Kier molecular flexibility index (Phi) is 11.2. The Morgan fingerprint density at radius 3 is 1.47 bits per heavy atom. The van der Waals surface area contributed by atoms with Crippen LogP contribution in [-0.4, -0.2) is 34.6 Å². The lowest BCUT2D eigenvalue weighted by Crippen LogP contribution is -2.42. The zero-order valence-electron chi connectivity index (χ0n) is 17.7. The number of carbonyl (C=O) groups excluding carboxylic acids is 2. The lowest BCUT2D eigenvalue weighted by molar-refractivity contribution is -0.147. The summed E-state index contributed by atoms with van der Waals surface area (Å²) in [7, 11) is 0.128. The number of nitrogens with one attached hydrogen (secondary N) is 1. The van der Waals surface area contributed by atoms with Crippen LogP contribution in [0.15, 0.2) is 60.7 Å². The summed E-state index contributed by atoms with van der Waals surface area (Å²) in [5, 5.41) is 0. The van der Waals surface area contributed by atoms with Gasteiger partial charge in [-0.15, -0.1) is 0 Å². The van der Waals surface area contributed by atoms with E-state index in [0.717, 1.165) is 11.1 Å². The predicted molar refractivity (Wildman–Crippen MR) is 113 cm³/mol. The van der Waals surface area contributed by atoms with Crippen molar-refractivity contribution in [2.75, 3.05) is 14.2 Å². The maximum Gasteiger partial charge on any atom is 0.330 e. The smallest absolute Gasteiger partial charge is 0.330 e. The number of nitrogens with two attached hydrogens (primary N) is 1. The van der Waals surface area contributed by atoms with Gasteiger partial charge in [-0.1, -0.05) is 60.7 Å². The highest BCUT2D eigenvalue weighted by Gasteiger charge is 2.31. The highest BCUT2D eigenvalue weighted by molar-refractivity contribution is 7.60. The Morgan fingerprint density at radius 2 is 1.13 bits per heavy atom. The molecule has 0 saturated carbocycles. The molecule has 0 unspecified atom stereocenters. The van der Waals surface area contributed by atoms with Crippen molar-refractivity contribution in [2.45, 2.75) is 31.7 Å². The summed E-state index contributed by atoms with van der Waals surface area (Å²) in [5.74, 6) is -0.641. The number of benzene rings is 2. The van der Waals surface area contributed by atoms with E-state index in [2.05, 4.69) is 4.74 Å². The first-order valence-corrected chi connectivity index (χ1v) is 9.86. The van der Waals surface area contributed by atoms with E-state index < -0.39 is 27.4 Å². The molecule has 0 radical (unpaired) electrons. The Hall–Kier alpha value is -3.04. The summed E-state index contributed by atoms with van der Waals surface area (Å²) >= 11 is 0. The van der Waals surface area contributed by atoms with Gasteiger partial charge < -0.3 is 15.2 Å². The molecule has 0 aliphatic carbocycles. The van der Waals surface area contributed by atoms with Crippen LogP contribution in [-0.2, 0) is 40.5 Å². The van der Waals surface area contributed by atoms with Crippen LogP contribution in [0.5, 0.6) is 0 Å². The molecule has 0 fully saturated rings. The lowest BCUT2D eigenvalue weighted by Gasteiger charge is -2.21. The first-order valence-electron chi connectivity index (χ1n) is 8.78. The maximum absolute atomic E-state index is 11.4. The Balaban J connectivity index is 0.000000477. The minimum absolute atomic E-state index is 0.210. The SMILES string of the molecule is COC(=O)C(C)(C)c1ccccc1.COC(=O)[C@@](C)(N)c1ccccc1.N=S(=O)=O. The first kappa shape index (κ1) is 27.0. The van der Waals surface area contributed by atoms with Crippen molar-refractivity contribution in [3.63, 3.8) is 0 Å². The van der Waals surface area contributed by atoms with E-state index in [1.807, 2.05) is 62.4 Å². The summed E-state index contributed by atoms with van der Waals surface area (Å²) in [6.45, 7) is 5.34. The minimum atomic E-state index is -2.61. The highest BCUT2D eigenvalue weighted by atomic mass is 32.2. The second-order valence-corrected chi connectivity index (χ2v) is 7.25. The molecule has 0 aromatic heterocycles. The zero-order chi connectivity index (χ0) is 23.4. The monoisotopic (exact) mass is 436 g/mol. The standard InChI is InChI=1S/C11H14O2.C10H13NO2.HNO2S/c1-11(2,10(12)13-3)9-7-5-4-6-8-9;1-10(11,9(12)13-2)8-6-4-3-5-7-8;1-4(2)3/h4-8H,1-3H3;3-7H,11H2,1-2H3;1H/t;10-;/m.0./s1. The van der Waals surface area contributed by atoms with E-state index >= 15 is 0 Å². The molecule has 1 atom stereocenters. The zero-order valence-corrected chi connectivity index (χ0v) is 18.5. The topological polar surface area (TPSA) is 137 Å². The Morgan fingerprint density at radius 1 is 0.800 bits per heavy atom. The van der Waals surface area contributed by atoms with Gasteiger partial charge in [0.2, 0.25) is 0 Å². The normalized spacial score (nSPS) is 11.9. The number of esters is 2. The lowest BCUT2D eigenvalue weighted by atomic mass is 9.85. The molecule has 30 heavy (non-hydrogen) atoms. The van der Waals surface area contributed by atoms with Crippen molar-refractivity contribution in [1.29, 1.82) is 4.78 Å². The van der Waals surface area contributed by atoms with Crippen molar-refractivity contribution in [3.05, 3.63) is 71.8 Å². The average Bonchev–Trinajstić information content (AvgIpc) is 2.73. The molecule has 3 N–H and O–H groups in total. The summed E-state index contributed by atoms with van der Waals surface area (Å²) in [5.41, 5.74) is 5.92. The van der Waals surface area contributed by atoms with Crippen molar-refractivity contribution in [3.8, 4) is 0 Å². The van der Waals surface area contributed by atoms with E-state index in [4.69, 9.17) is 23.7 Å². The van der Waals surface area contributed by atoms with Gasteiger partial charge in [0.05, 0.1) is 19.6 Å². The predicted octanol–water partition coefficient (Wildman–Crippen LogP) is 2.80. The van der Waals surface area contributed by atoms with Gasteiger partial charge in [-0.25, -0.2) is 4.79 Å². The van der Waals surface area contributed by atoms with Gasteiger partial charge in [-0.05, 0) is 31.9 Å². The fourth-order valence-corrected chi connectivity index (χ4v) is 2.34. The van der Waals surface area contributed by atoms with Crippen molar-refractivity contribution in [1.82, 2.24) is 0 Å². The molecule has 0 amide bonds. The van der Waals surface area contributed by atoms with Crippen LogP contribution in [0.4, 0.5) is 0 Å². The summed E-state index contributed by atoms with van der Waals surface area (Å²) in [6.07, 6.45) is 0. The molecule has 2 rings (SSSR count). The van der Waals surface area contributed by atoms with Crippen LogP contribution in [0.25, 0.3) is 0 Å². The van der Waals surface area contributed by atoms with Crippen molar-refractivity contribution >= 4 is 22.4 Å². The molecule has 164 valence electrons. The molecule has 0 heterocycles. The number of hydrogen-bond donors (Lipinski definition) is 2. The molecule has 0 saturated heterocycles. The van der Waals surface area contributed by atoms with Gasteiger partial charge >= 0.3 is 22.4 Å². The highest BCUT2D eigenvalue weighted by Crippen LogP contribution is 2.23. The molecule has 0 aliphatic rings. The van der Waals surface area contributed by atoms with Gasteiger partial charge in [0.25, 0.3) is 0 Å². The van der Waals surface area contributed by atoms with E-state index in [0.29, 0.717) is 0 Å². The maximum atomic E-state index is 11.4. The van der Waals surface area contributed by atoms with Gasteiger partial charge in [-0.2, -0.15) is 13.2 Å². The fraction of sp³-hybridized carbons (Fsp3) is 0.333. The van der Waals surface area contributed by atoms with Crippen LogP contribution >= 0.6 is 0 Å². The van der Waals surface area contributed by atoms with E-state index in [1.54, 1.807) is 19.1 Å². The third-order valence-electron chi connectivity index (χ3n) is 4.17. The van der Waals surface area contributed by atoms with Crippen LogP contribution < -0.4 is 5.73 Å². The molecule has 0 spiro atoms. The Bertz CT molecular complexity index is 841. The molecule has 9 heteroatoms. The third kappa shape index (κ3) is 8.54. The minimum Gasteiger partial charge on any atom is -0.468 e. The molecular formula is C21H28N2O6S. The molecule has 0 bridgehead atoms. The molecular weight excluding hydrogens is 408 g/mol. The van der Waals surface area contributed by atoms with Crippen molar-refractivity contribution < 1.29 is 27.5 Å². The van der Waals surface area contributed by atoms with Gasteiger partial charge in [0.15, 0.2) is 0 Å². The molecule has 0 aliphatic heterocycles. The number of ether oxygens (including phenoxy) is 2. The van der Waals surface area contributed by atoms with E-state index in [-0.39, 0.29) is 5.97 Å². The second-order valence-electron chi connectivity index (χ2n) is 6.78. The first-order chi connectivity index (χ1) is 13.9. The van der Waals surface area contributed by atoms with E-state index in [1.165, 1.54) is 14.2 Å². The van der Waals surface area contributed by atoms with Gasteiger partial charge in [0.1, 0.15) is 5.54 Å². The molecule has 2 aromatic rings. The molecule has 8 nitrogen and oxygen atoms in total. The van der Waals surface area contributed by atoms with Crippen LogP contribution in [0.2, 0.25) is 0 Å². The van der Waals surface area contributed by atoms with E-state index in [9.17, 15) is 9.59 Å².